The molecule has 0 bridgehead atoms. The fourth-order valence-corrected chi connectivity index (χ4v) is 2.37. The molecule has 2 atom stereocenters. The van der Waals surface area contributed by atoms with Gasteiger partial charge in [-0.2, -0.15) is 0 Å². The summed E-state index contributed by atoms with van der Waals surface area (Å²) in [5, 5.41) is 2.96. The summed E-state index contributed by atoms with van der Waals surface area (Å²) in [5.74, 6) is 0.519. The van der Waals surface area contributed by atoms with Crippen LogP contribution < -0.4 is 5.32 Å². The first-order valence-corrected chi connectivity index (χ1v) is 6.73. The summed E-state index contributed by atoms with van der Waals surface area (Å²) in [6.45, 7) is 5.11. The molecule has 2 heterocycles. The first-order valence-electron chi connectivity index (χ1n) is 6.73. The minimum Gasteiger partial charge on any atom is -0.347 e. The summed E-state index contributed by atoms with van der Waals surface area (Å²) in [6.07, 6.45) is 4.48. The average Bonchev–Trinajstić information content (AvgIpc) is 3.04. The van der Waals surface area contributed by atoms with E-state index in [-0.39, 0.29) is 23.8 Å². The van der Waals surface area contributed by atoms with Crippen LogP contribution >= 0.6 is 0 Å². The number of nitrogens with zero attached hydrogens (tertiary/aromatic N) is 2. The van der Waals surface area contributed by atoms with Crippen LogP contribution in [0.25, 0.3) is 0 Å². The maximum atomic E-state index is 12.2. The number of amides is 2. The molecule has 1 aliphatic heterocycles. The number of likely N-dealkylation sites (tertiary alicyclic amines) is 1. The highest BCUT2D eigenvalue weighted by Gasteiger charge is 2.34. The zero-order chi connectivity index (χ0) is 13.8. The smallest absolute Gasteiger partial charge is 0.226 e. The molecular weight excluding hydrogens is 244 g/mol. The van der Waals surface area contributed by atoms with Gasteiger partial charge in [-0.25, -0.2) is 4.98 Å². The molecule has 1 aliphatic rings. The van der Waals surface area contributed by atoms with Crippen LogP contribution in [0.3, 0.4) is 0 Å². The lowest BCUT2D eigenvalue weighted by Crippen LogP contribution is -2.35. The molecule has 2 rings (SSSR count). The van der Waals surface area contributed by atoms with E-state index in [0.29, 0.717) is 19.5 Å². The maximum absolute atomic E-state index is 12.2. The molecular formula is C13H20N4O2. The highest BCUT2D eigenvalue weighted by Crippen LogP contribution is 2.19. The van der Waals surface area contributed by atoms with Crippen LogP contribution in [0.15, 0.2) is 12.4 Å². The number of aromatic nitrogens is 2. The van der Waals surface area contributed by atoms with Crippen LogP contribution in [0.5, 0.6) is 0 Å². The van der Waals surface area contributed by atoms with Gasteiger partial charge in [-0.3, -0.25) is 9.59 Å². The van der Waals surface area contributed by atoms with Crippen molar-refractivity contribution < 1.29 is 9.59 Å². The number of hydrogen-bond acceptors (Lipinski definition) is 3. The Labute approximate surface area is 112 Å². The van der Waals surface area contributed by atoms with E-state index in [2.05, 4.69) is 15.3 Å². The first-order chi connectivity index (χ1) is 9.15. The quantitative estimate of drug-likeness (QED) is 0.827. The fourth-order valence-electron chi connectivity index (χ4n) is 2.37. The number of hydrogen-bond donors (Lipinski definition) is 2. The molecule has 1 fully saturated rings. The predicted molar refractivity (Wildman–Crippen MR) is 70.1 cm³/mol. The fraction of sp³-hybridized carbons (Fsp3) is 0.615. The van der Waals surface area contributed by atoms with Gasteiger partial charge in [0.25, 0.3) is 0 Å². The number of imidazole rings is 1. The highest BCUT2D eigenvalue weighted by molar-refractivity contribution is 5.89. The third-order valence-corrected chi connectivity index (χ3v) is 3.54. The van der Waals surface area contributed by atoms with Gasteiger partial charge in [0.2, 0.25) is 11.8 Å². The number of carbonyl (C=O) groups excluding carboxylic acids is 2. The molecule has 6 nitrogen and oxygen atoms in total. The summed E-state index contributed by atoms with van der Waals surface area (Å²) in [5.41, 5.74) is 0. The molecule has 0 radical (unpaired) electrons. The molecule has 0 aromatic carbocycles. The van der Waals surface area contributed by atoms with E-state index in [4.69, 9.17) is 0 Å². The lowest BCUT2D eigenvalue weighted by molar-refractivity contribution is -0.129. The Hall–Kier alpha value is -1.85. The van der Waals surface area contributed by atoms with Crippen molar-refractivity contribution in [2.75, 3.05) is 13.1 Å². The monoisotopic (exact) mass is 264 g/mol. The van der Waals surface area contributed by atoms with Crippen molar-refractivity contribution in [1.82, 2.24) is 20.2 Å². The van der Waals surface area contributed by atoms with Gasteiger partial charge < -0.3 is 15.2 Å². The van der Waals surface area contributed by atoms with Crippen molar-refractivity contribution in [3.05, 3.63) is 18.2 Å². The van der Waals surface area contributed by atoms with E-state index in [1.165, 1.54) is 0 Å². The largest absolute Gasteiger partial charge is 0.347 e. The second-order valence-corrected chi connectivity index (χ2v) is 4.78. The van der Waals surface area contributed by atoms with Gasteiger partial charge in [-0.05, 0) is 13.3 Å². The van der Waals surface area contributed by atoms with Gasteiger partial charge in [0, 0.05) is 31.9 Å². The maximum Gasteiger partial charge on any atom is 0.226 e. The Kier molecular flexibility index (Phi) is 4.19. The molecule has 6 heteroatoms. The van der Waals surface area contributed by atoms with Crippen LogP contribution in [-0.2, 0) is 9.59 Å². The van der Waals surface area contributed by atoms with E-state index in [1.54, 1.807) is 17.3 Å². The topological polar surface area (TPSA) is 78.1 Å². The molecule has 1 aromatic heterocycles. The van der Waals surface area contributed by atoms with Crippen LogP contribution in [-0.4, -0.2) is 39.8 Å². The molecule has 2 unspecified atom stereocenters. The van der Waals surface area contributed by atoms with Crippen LogP contribution in [0.1, 0.15) is 38.6 Å². The minimum atomic E-state index is -0.239. The molecule has 1 aromatic rings. The van der Waals surface area contributed by atoms with E-state index in [0.717, 1.165) is 12.2 Å². The number of H-pyrrole nitrogens is 1. The second kappa shape index (κ2) is 5.86. The summed E-state index contributed by atoms with van der Waals surface area (Å²) in [7, 11) is 0. The molecule has 0 spiro atoms. The van der Waals surface area contributed by atoms with Crippen molar-refractivity contribution >= 4 is 11.8 Å². The minimum absolute atomic E-state index is 0.0625. The Morgan fingerprint density at radius 3 is 2.95 bits per heavy atom. The Bertz CT molecular complexity index is 444. The van der Waals surface area contributed by atoms with E-state index < -0.39 is 0 Å². The van der Waals surface area contributed by atoms with Crippen molar-refractivity contribution in [1.29, 1.82) is 0 Å². The molecule has 19 heavy (non-hydrogen) atoms. The number of nitrogens with one attached hydrogen (secondary N) is 2. The Morgan fingerprint density at radius 2 is 2.42 bits per heavy atom. The zero-order valence-corrected chi connectivity index (χ0v) is 11.3. The normalized spacial score (nSPS) is 20.6. The molecule has 1 saturated heterocycles. The lowest BCUT2D eigenvalue weighted by Gasteiger charge is -2.18. The third kappa shape index (κ3) is 2.94. The number of carbonyl (C=O) groups is 2. The number of aromatic amines is 1. The number of rotatable bonds is 5. The highest BCUT2D eigenvalue weighted by atomic mass is 16.2. The Balaban J connectivity index is 1.96. The van der Waals surface area contributed by atoms with Crippen molar-refractivity contribution in [2.45, 2.75) is 32.7 Å². The van der Waals surface area contributed by atoms with E-state index in [9.17, 15) is 9.59 Å². The van der Waals surface area contributed by atoms with Crippen LogP contribution in [0.2, 0.25) is 0 Å². The average molecular weight is 264 g/mol. The molecule has 0 saturated carbocycles. The van der Waals surface area contributed by atoms with Crippen molar-refractivity contribution in [3.8, 4) is 0 Å². The van der Waals surface area contributed by atoms with Gasteiger partial charge >= 0.3 is 0 Å². The van der Waals surface area contributed by atoms with Gasteiger partial charge in [-0.15, -0.1) is 0 Å². The summed E-state index contributed by atoms with van der Waals surface area (Å²) in [6, 6.07) is -0.117. The van der Waals surface area contributed by atoms with Gasteiger partial charge in [0.15, 0.2) is 0 Å². The third-order valence-electron chi connectivity index (χ3n) is 3.54. The standard InChI is InChI=1S/C13H20N4O2/c1-3-10(12-14-5-6-15-12)16-13(19)9-7-11(18)17(4-2)8-9/h5-6,9-10H,3-4,7-8H2,1-2H3,(H,14,15)(H,16,19). The molecule has 2 amide bonds. The molecule has 104 valence electrons. The van der Waals surface area contributed by atoms with E-state index in [1.807, 2.05) is 13.8 Å². The summed E-state index contributed by atoms with van der Waals surface area (Å²) >= 11 is 0. The van der Waals surface area contributed by atoms with Gasteiger partial charge in [0.1, 0.15) is 5.82 Å². The summed E-state index contributed by atoms with van der Waals surface area (Å²) < 4.78 is 0. The predicted octanol–water partition coefficient (Wildman–Crippen LogP) is 0.845. The van der Waals surface area contributed by atoms with Gasteiger partial charge in [0.05, 0.1) is 12.0 Å². The first kappa shape index (κ1) is 13.6. The molecule has 0 aliphatic carbocycles. The molecule has 2 N–H and O–H groups in total. The zero-order valence-electron chi connectivity index (χ0n) is 11.3. The van der Waals surface area contributed by atoms with Gasteiger partial charge in [-0.1, -0.05) is 6.92 Å². The van der Waals surface area contributed by atoms with Crippen molar-refractivity contribution in [2.24, 2.45) is 5.92 Å². The van der Waals surface area contributed by atoms with Crippen LogP contribution in [0, 0.1) is 5.92 Å². The summed E-state index contributed by atoms with van der Waals surface area (Å²) in [4.78, 5) is 32.7. The van der Waals surface area contributed by atoms with Crippen molar-refractivity contribution in [3.63, 3.8) is 0 Å². The Morgan fingerprint density at radius 1 is 1.63 bits per heavy atom. The lowest BCUT2D eigenvalue weighted by atomic mass is 10.1. The SMILES string of the molecule is CCC(NC(=O)C1CC(=O)N(CC)C1)c1ncc[nH]1. The second-order valence-electron chi connectivity index (χ2n) is 4.78. The van der Waals surface area contributed by atoms with E-state index >= 15 is 0 Å². The van der Waals surface area contributed by atoms with Crippen LogP contribution in [0.4, 0.5) is 0 Å².